The van der Waals surface area contributed by atoms with Crippen molar-refractivity contribution in [3.8, 4) is 0 Å². The minimum absolute atomic E-state index is 0.0425. The Hall–Kier alpha value is -3.41. The molecule has 2 aromatic carbocycles. The Labute approximate surface area is 215 Å². The van der Waals surface area contributed by atoms with Gasteiger partial charge < -0.3 is 31.9 Å². The number of aliphatic carboxylic acids is 1. The molecule has 10 nitrogen and oxygen atoms in total. The van der Waals surface area contributed by atoms with Gasteiger partial charge in [0.1, 0.15) is 18.1 Å². The molecule has 194 valence electrons. The van der Waals surface area contributed by atoms with Gasteiger partial charge in [0.2, 0.25) is 17.7 Å². The molecule has 0 saturated carbocycles. The molecule has 2 aromatic rings. The number of nitrogens with one attached hydrogen (secondary N) is 3. The third-order valence-electron chi connectivity index (χ3n) is 5.41. The second-order valence-electron chi connectivity index (χ2n) is 8.36. The number of carbonyl (C=O) groups is 4. The van der Waals surface area contributed by atoms with Crippen molar-refractivity contribution in [2.45, 2.75) is 50.0 Å². The van der Waals surface area contributed by atoms with E-state index in [1.54, 1.807) is 30.3 Å². The summed E-state index contributed by atoms with van der Waals surface area (Å²) < 4.78 is 0. The van der Waals surface area contributed by atoms with Crippen LogP contribution in [0.3, 0.4) is 0 Å². The van der Waals surface area contributed by atoms with Crippen LogP contribution in [0.25, 0.3) is 0 Å². The number of amides is 3. The highest BCUT2D eigenvalue weighted by atomic mass is 32.1. The van der Waals surface area contributed by atoms with E-state index in [2.05, 4.69) is 28.6 Å². The summed E-state index contributed by atoms with van der Waals surface area (Å²) in [6.07, 6.45) is -1.03. The summed E-state index contributed by atoms with van der Waals surface area (Å²) in [5.74, 6) is -3.64. The molecule has 0 aromatic heterocycles. The fourth-order valence-corrected chi connectivity index (χ4v) is 3.66. The van der Waals surface area contributed by atoms with E-state index in [-0.39, 0.29) is 18.6 Å². The number of carboxylic acids is 1. The van der Waals surface area contributed by atoms with Crippen LogP contribution in [-0.2, 0) is 32.0 Å². The van der Waals surface area contributed by atoms with Crippen LogP contribution >= 0.6 is 12.6 Å². The van der Waals surface area contributed by atoms with E-state index in [9.17, 15) is 29.4 Å². The van der Waals surface area contributed by atoms with Gasteiger partial charge in [0, 0.05) is 12.2 Å². The van der Waals surface area contributed by atoms with E-state index in [1.807, 2.05) is 30.3 Å². The van der Waals surface area contributed by atoms with Gasteiger partial charge in [-0.1, -0.05) is 60.7 Å². The lowest BCUT2D eigenvalue weighted by Crippen LogP contribution is -2.60. The predicted molar refractivity (Wildman–Crippen MR) is 137 cm³/mol. The third-order valence-corrected chi connectivity index (χ3v) is 5.78. The maximum atomic E-state index is 12.8. The number of nitrogens with two attached hydrogens (primary N) is 1. The second kappa shape index (κ2) is 14.2. The molecule has 0 aliphatic heterocycles. The van der Waals surface area contributed by atoms with Crippen LogP contribution in [0, 0.1) is 0 Å². The van der Waals surface area contributed by atoms with Gasteiger partial charge in [0.05, 0.1) is 12.1 Å². The van der Waals surface area contributed by atoms with E-state index < -0.39 is 54.0 Å². The Balaban J connectivity index is 2.01. The smallest absolute Gasteiger partial charge is 0.326 e. The number of hydrogen-bond donors (Lipinski definition) is 7. The average Bonchev–Trinajstić information content (AvgIpc) is 2.85. The molecular weight excluding hydrogens is 484 g/mol. The molecule has 3 amide bonds. The zero-order valence-corrected chi connectivity index (χ0v) is 20.7. The van der Waals surface area contributed by atoms with Crippen molar-refractivity contribution in [1.29, 1.82) is 0 Å². The Bertz CT molecular complexity index is 1020. The molecular formula is C25H32N4O6S. The van der Waals surface area contributed by atoms with Crippen LogP contribution in [0.2, 0.25) is 0 Å². The zero-order valence-electron chi connectivity index (χ0n) is 19.8. The van der Waals surface area contributed by atoms with Gasteiger partial charge in [0.25, 0.3) is 0 Å². The highest BCUT2D eigenvalue weighted by Crippen LogP contribution is 2.06. The Morgan fingerprint density at radius 2 is 1.31 bits per heavy atom. The first kappa shape index (κ1) is 28.8. The van der Waals surface area contributed by atoms with Gasteiger partial charge in [-0.15, -0.1) is 0 Å². The number of thiol groups is 1. The second-order valence-corrected chi connectivity index (χ2v) is 8.72. The molecule has 0 fully saturated rings. The minimum Gasteiger partial charge on any atom is -0.480 e. The lowest BCUT2D eigenvalue weighted by atomic mass is 10.0. The maximum absolute atomic E-state index is 12.8. The molecule has 2 rings (SSSR count). The van der Waals surface area contributed by atoms with Crippen molar-refractivity contribution >= 4 is 36.3 Å². The molecule has 0 saturated heterocycles. The summed E-state index contributed by atoms with van der Waals surface area (Å²) in [5, 5.41) is 26.9. The average molecular weight is 517 g/mol. The van der Waals surface area contributed by atoms with Crippen LogP contribution in [0.15, 0.2) is 60.7 Å². The minimum atomic E-state index is -1.39. The van der Waals surface area contributed by atoms with Crippen molar-refractivity contribution < 1.29 is 29.4 Å². The van der Waals surface area contributed by atoms with Gasteiger partial charge in [0.15, 0.2) is 0 Å². The molecule has 0 bridgehead atoms. The van der Waals surface area contributed by atoms with Crippen molar-refractivity contribution in [2.24, 2.45) is 5.73 Å². The lowest BCUT2D eigenvalue weighted by molar-refractivity contribution is -0.142. The standard InChI is InChI=1S/C25H32N4O6S/c1-15(30)21(29-22(31)18(26)12-16-8-4-2-5-9-16)24(33)28-20(14-36)23(32)27-19(25(34)35)13-17-10-6-3-7-11-17/h2-11,15,18-21,30,36H,12-14,26H2,1H3,(H,27,32)(H,28,33)(H,29,31)(H,34,35). The first-order valence-corrected chi connectivity index (χ1v) is 12.0. The van der Waals surface area contributed by atoms with E-state index in [0.717, 1.165) is 5.56 Å². The summed E-state index contributed by atoms with van der Waals surface area (Å²) >= 11 is 4.09. The fourth-order valence-electron chi connectivity index (χ4n) is 3.40. The highest BCUT2D eigenvalue weighted by molar-refractivity contribution is 7.80. The van der Waals surface area contributed by atoms with Crippen LogP contribution in [0.5, 0.6) is 0 Å². The number of aliphatic hydroxyl groups is 1. The summed E-state index contributed by atoms with van der Waals surface area (Å²) in [6, 6.07) is 13.0. The number of hydrogen-bond acceptors (Lipinski definition) is 7. The van der Waals surface area contributed by atoms with Crippen LogP contribution in [0.4, 0.5) is 0 Å². The topological polar surface area (TPSA) is 171 Å². The summed E-state index contributed by atoms with van der Waals surface area (Å²) in [6.45, 7) is 1.31. The molecule has 36 heavy (non-hydrogen) atoms. The predicted octanol–water partition coefficient (Wildman–Crippen LogP) is -0.351. The van der Waals surface area contributed by atoms with E-state index in [4.69, 9.17) is 5.73 Å². The fraction of sp³-hybridized carbons (Fsp3) is 0.360. The number of carboxylic acid groups (broad SMARTS) is 1. The van der Waals surface area contributed by atoms with Crippen molar-refractivity contribution in [1.82, 2.24) is 16.0 Å². The Kier molecular flexibility index (Phi) is 11.4. The molecule has 7 N–H and O–H groups in total. The van der Waals surface area contributed by atoms with Crippen molar-refractivity contribution in [2.75, 3.05) is 5.75 Å². The largest absolute Gasteiger partial charge is 0.480 e. The van der Waals surface area contributed by atoms with Gasteiger partial charge in [-0.2, -0.15) is 12.6 Å². The van der Waals surface area contributed by atoms with Crippen molar-refractivity contribution in [3.05, 3.63) is 71.8 Å². The van der Waals surface area contributed by atoms with Crippen molar-refractivity contribution in [3.63, 3.8) is 0 Å². The molecule has 0 aliphatic carbocycles. The zero-order chi connectivity index (χ0) is 26.7. The quantitative estimate of drug-likeness (QED) is 0.178. The summed E-state index contributed by atoms with van der Waals surface area (Å²) in [5.41, 5.74) is 7.50. The Morgan fingerprint density at radius 3 is 1.78 bits per heavy atom. The number of aliphatic hydroxyl groups excluding tert-OH is 1. The Morgan fingerprint density at radius 1 is 0.806 bits per heavy atom. The summed E-state index contributed by atoms with van der Waals surface area (Å²) in [4.78, 5) is 49.8. The number of benzene rings is 2. The van der Waals surface area contributed by atoms with Crippen LogP contribution in [0.1, 0.15) is 18.1 Å². The molecule has 0 spiro atoms. The van der Waals surface area contributed by atoms with Crippen LogP contribution in [-0.4, -0.2) is 69.9 Å². The number of rotatable bonds is 13. The molecule has 11 heteroatoms. The number of carbonyl (C=O) groups excluding carboxylic acids is 3. The SMILES string of the molecule is CC(O)C(NC(=O)C(N)Cc1ccccc1)C(=O)NC(CS)C(=O)NC(Cc1ccccc1)C(=O)O. The van der Waals surface area contributed by atoms with Gasteiger partial charge >= 0.3 is 5.97 Å². The lowest BCUT2D eigenvalue weighted by Gasteiger charge is -2.26. The summed E-state index contributed by atoms with van der Waals surface area (Å²) in [7, 11) is 0. The maximum Gasteiger partial charge on any atom is 0.326 e. The van der Waals surface area contributed by atoms with E-state index in [1.165, 1.54) is 6.92 Å². The van der Waals surface area contributed by atoms with E-state index >= 15 is 0 Å². The first-order valence-electron chi connectivity index (χ1n) is 11.4. The molecule has 0 radical (unpaired) electrons. The monoisotopic (exact) mass is 516 g/mol. The third kappa shape index (κ3) is 8.99. The van der Waals surface area contributed by atoms with Gasteiger partial charge in [-0.05, 0) is 24.5 Å². The molecule has 0 heterocycles. The molecule has 5 atom stereocenters. The normalized spacial score (nSPS) is 15.0. The highest BCUT2D eigenvalue weighted by Gasteiger charge is 2.32. The van der Waals surface area contributed by atoms with Gasteiger partial charge in [-0.25, -0.2) is 4.79 Å². The van der Waals surface area contributed by atoms with E-state index in [0.29, 0.717) is 5.56 Å². The van der Waals surface area contributed by atoms with Crippen LogP contribution < -0.4 is 21.7 Å². The van der Waals surface area contributed by atoms with Gasteiger partial charge in [-0.3, -0.25) is 14.4 Å². The molecule has 5 unspecified atom stereocenters. The molecule has 0 aliphatic rings. The first-order chi connectivity index (χ1) is 17.1.